The lowest BCUT2D eigenvalue weighted by Gasteiger charge is -2.22. The molecule has 21 heavy (non-hydrogen) atoms. The molecule has 2 heteroatoms. The first-order valence-corrected chi connectivity index (χ1v) is 7.30. The molecule has 0 fully saturated rings. The number of pyridine rings is 1. The smallest absolute Gasteiger partial charge is 0.0576 e. The fourth-order valence-electron chi connectivity index (χ4n) is 2.31. The lowest BCUT2D eigenvalue weighted by molar-refractivity contribution is 0.461. The number of allylic oxidation sites excluding steroid dienone is 2. The summed E-state index contributed by atoms with van der Waals surface area (Å²) in [6.45, 7) is 5.90. The van der Waals surface area contributed by atoms with Crippen LogP contribution in [0.15, 0.2) is 79.5 Å². The molecule has 0 saturated carbocycles. The van der Waals surface area contributed by atoms with E-state index < -0.39 is 0 Å². The lowest BCUT2D eigenvalue weighted by Crippen LogP contribution is -2.25. The van der Waals surface area contributed by atoms with Crippen LogP contribution >= 0.6 is 0 Å². The Morgan fingerprint density at radius 1 is 1.14 bits per heavy atom. The Morgan fingerprint density at radius 2 is 1.90 bits per heavy atom. The predicted octanol–water partition coefficient (Wildman–Crippen LogP) is 4.61. The number of aromatic nitrogens is 1. The van der Waals surface area contributed by atoms with Crippen molar-refractivity contribution in [3.05, 3.63) is 90.8 Å². The number of hydrogen-bond donors (Lipinski definition) is 1. The molecule has 0 aliphatic carbocycles. The highest BCUT2D eigenvalue weighted by Crippen LogP contribution is 2.21. The summed E-state index contributed by atoms with van der Waals surface area (Å²) in [4.78, 5) is 4.48. The van der Waals surface area contributed by atoms with Crippen molar-refractivity contribution in [2.45, 2.75) is 25.4 Å². The van der Waals surface area contributed by atoms with Gasteiger partial charge >= 0.3 is 0 Å². The molecular weight excluding hydrogens is 256 g/mol. The highest BCUT2D eigenvalue weighted by Gasteiger charge is 2.14. The van der Waals surface area contributed by atoms with Crippen molar-refractivity contribution in [2.24, 2.45) is 0 Å². The number of hydrogen-bond acceptors (Lipinski definition) is 2. The van der Waals surface area contributed by atoms with Gasteiger partial charge in [-0.25, -0.2) is 0 Å². The van der Waals surface area contributed by atoms with Crippen LogP contribution in [0.2, 0.25) is 0 Å². The van der Waals surface area contributed by atoms with Crippen LogP contribution in [0.3, 0.4) is 0 Å². The van der Waals surface area contributed by atoms with E-state index in [0.29, 0.717) is 0 Å². The molecule has 1 heterocycles. The molecule has 2 nitrogen and oxygen atoms in total. The highest BCUT2D eigenvalue weighted by molar-refractivity contribution is 5.19. The van der Waals surface area contributed by atoms with E-state index in [9.17, 15) is 0 Å². The van der Waals surface area contributed by atoms with Gasteiger partial charge in [-0.3, -0.25) is 4.98 Å². The van der Waals surface area contributed by atoms with E-state index in [-0.39, 0.29) is 12.1 Å². The van der Waals surface area contributed by atoms with Crippen LogP contribution in [0.5, 0.6) is 0 Å². The summed E-state index contributed by atoms with van der Waals surface area (Å²) in [7, 11) is 0. The van der Waals surface area contributed by atoms with E-state index in [2.05, 4.69) is 60.2 Å². The van der Waals surface area contributed by atoms with Crippen molar-refractivity contribution in [2.75, 3.05) is 0 Å². The maximum absolute atomic E-state index is 4.48. The van der Waals surface area contributed by atoms with Crippen molar-refractivity contribution >= 4 is 0 Å². The summed E-state index contributed by atoms with van der Waals surface area (Å²) in [6.07, 6.45) is 8.63. The van der Waals surface area contributed by atoms with E-state index in [1.165, 1.54) is 5.56 Å². The molecule has 0 unspecified atom stereocenters. The fraction of sp³-hybridized carbons (Fsp3) is 0.211. The quantitative estimate of drug-likeness (QED) is 0.748. The summed E-state index contributed by atoms with van der Waals surface area (Å²) >= 11 is 0. The normalized spacial score (nSPS) is 14.0. The summed E-state index contributed by atoms with van der Waals surface area (Å²) in [5.74, 6) is 0. The van der Waals surface area contributed by atoms with E-state index >= 15 is 0 Å². The van der Waals surface area contributed by atoms with Gasteiger partial charge in [0.25, 0.3) is 0 Å². The van der Waals surface area contributed by atoms with Crippen LogP contribution in [0.1, 0.15) is 36.7 Å². The molecule has 0 bridgehead atoms. The van der Waals surface area contributed by atoms with Crippen LogP contribution in [0, 0.1) is 0 Å². The minimum Gasteiger partial charge on any atom is -0.302 e. The molecule has 2 aromatic rings. The second-order valence-corrected chi connectivity index (χ2v) is 5.01. The molecule has 0 spiro atoms. The van der Waals surface area contributed by atoms with Gasteiger partial charge in [-0.1, -0.05) is 61.2 Å². The lowest BCUT2D eigenvalue weighted by atomic mass is 10.0. The van der Waals surface area contributed by atoms with Gasteiger partial charge in [0.15, 0.2) is 0 Å². The van der Waals surface area contributed by atoms with Gasteiger partial charge in [-0.05, 0) is 31.0 Å². The molecule has 1 N–H and O–H groups in total. The molecular formula is C19H22N2. The Morgan fingerprint density at radius 3 is 2.57 bits per heavy atom. The molecule has 0 aliphatic rings. The zero-order valence-electron chi connectivity index (χ0n) is 12.4. The van der Waals surface area contributed by atoms with E-state index in [1.807, 2.05) is 30.5 Å². The Kier molecular flexibility index (Phi) is 5.92. The maximum Gasteiger partial charge on any atom is 0.0576 e. The van der Waals surface area contributed by atoms with Crippen LogP contribution in [-0.2, 0) is 0 Å². The highest BCUT2D eigenvalue weighted by atomic mass is 15.0. The third-order valence-corrected chi connectivity index (χ3v) is 3.44. The molecule has 2 rings (SSSR count). The summed E-state index contributed by atoms with van der Waals surface area (Å²) in [5.41, 5.74) is 2.35. The van der Waals surface area contributed by atoms with Crippen molar-refractivity contribution in [1.29, 1.82) is 0 Å². The first-order chi connectivity index (χ1) is 10.3. The standard InChI is InChI=1S/C19H22N2/c1-3-4-6-14-19(18-13-9-10-15-20-18)21-16(2)17-11-7-5-8-12-17/h3-13,15-16,19,21H,1,14H2,2H3/b6-4+/t16-,19-/m0/s1. The van der Waals surface area contributed by atoms with Gasteiger partial charge in [0, 0.05) is 12.2 Å². The van der Waals surface area contributed by atoms with Gasteiger partial charge in [-0.15, -0.1) is 0 Å². The van der Waals surface area contributed by atoms with Gasteiger partial charge < -0.3 is 5.32 Å². The molecule has 1 aromatic carbocycles. The Bertz CT molecular complexity index is 561. The molecule has 0 saturated heterocycles. The zero-order valence-corrected chi connectivity index (χ0v) is 12.4. The van der Waals surface area contributed by atoms with Crippen molar-refractivity contribution in [1.82, 2.24) is 10.3 Å². The molecule has 0 radical (unpaired) electrons. The van der Waals surface area contributed by atoms with E-state index in [0.717, 1.165) is 12.1 Å². The van der Waals surface area contributed by atoms with Crippen molar-refractivity contribution < 1.29 is 0 Å². The van der Waals surface area contributed by atoms with Crippen LogP contribution in [0.25, 0.3) is 0 Å². The Balaban J connectivity index is 2.12. The van der Waals surface area contributed by atoms with Crippen LogP contribution < -0.4 is 5.32 Å². The molecule has 1 aromatic heterocycles. The molecule has 108 valence electrons. The van der Waals surface area contributed by atoms with Gasteiger partial charge in [0.1, 0.15) is 0 Å². The molecule has 2 atom stereocenters. The number of benzene rings is 1. The SMILES string of the molecule is C=C/C=C/C[C@H](N[C@@H](C)c1ccccc1)c1ccccn1. The van der Waals surface area contributed by atoms with Crippen molar-refractivity contribution in [3.63, 3.8) is 0 Å². The summed E-state index contributed by atoms with van der Waals surface area (Å²) in [5, 5.41) is 3.66. The number of rotatable bonds is 7. The maximum atomic E-state index is 4.48. The first-order valence-electron chi connectivity index (χ1n) is 7.30. The minimum absolute atomic E-state index is 0.192. The number of nitrogens with zero attached hydrogens (tertiary/aromatic N) is 1. The fourth-order valence-corrected chi connectivity index (χ4v) is 2.31. The summed E-state index contributed by atoms with van der Waals surface area (Å²) in [6, 6.07) is 17.0. The second kappa shape index (κ2) is 8.18. The van der Waals surface area contributed by atoms with Gasteiger partial charge in [0.05, 0.1) is 11.7 Å². The van der Waals surface area contributed by atoms with Crippen LogP contribution in [0.4, 0.5) is 0 Å². The monoisotopic (exact) mass is 278 g/mol. The summed E-state index contributed by atoms with van der Waals surface area (Å²) < 4.78 is 0. The van der Waals surface area contributed by atoms with E-state index in [4.69, 9.17) is 0 Å². The largest absolute Gasteiger partial charge is 0.302 e. The van der Waals surface area contributed by atoms with Crippen molar-refractivity contribution in [3.8, 4) is 0 Å². The zero-order chi connectivity index (χ0) is 14.9. The third kappa shape index (κ3) is 4.69. The van der Waals surface area contributed by atoms with Gasteiger partial charge in [0.2, 0.25) is 0 Å². The topological polar surface area (TPSA) is 24.9 Å². The molecule has 0 aliphatic heterocycles. The van der Waals surface area contributed by atoms with Gasteiger partial charge in [-0.2, -0.15) is 0 Å². The van der Waals surface area contributed by atoms with E-state index in [1.54, 1.807) is 6.08 Å². The average Bonchev–Trinajstić information content (AvgIpc) is 2.55. The third-order valence-electron chi connectivity index (χ3n) is 3.44. The second-order valence-electron chi connectivity index (χ2n) is 5.01. The first kappa shape index (κ1) is 15.2. The van der Waals surface area contributed by atoms with Crippen LogP contribution in [-0.4, -0.2) is 4.98 Å². The molecule has 0 amide bonds. The Labute approximate surface area is 127 Å². The predicted molar refractivity (Wildman–Crippen MR) is 88.9 cm³/mol. The average molecular weight is 278 g/mol. The Hall–Kier alpha value is -2.19. The minimum atomic E-state index is 0.192. The number of nitrogens with one attached hydrogen (secondary N) is 1.